The zero-order chi connectivity index (χ0) is 14.5. The van der Waals surface area contributed by atoms with Crippen molar-refractivity contribution in [1.82, 2.24) is 4.98 Å². The Bertz CT molecular complexity index is 449. The Morgan fingerprint density at radius 3 is 2.74 bits per heavy atom. The summed E-state index contributed by atoms with van der Waals surface area (Å²) in [4.78, 5) is 15.2. The van der Waals surface area contributed by atoms with E-state index in [1.54, 1.807) is 6.92 Å². The van der Waals surface area contributed by atoms with E-state index in [1.165, 1.54) is 12.3 Å². The minimum Gasteiger partial charge on any atom is -0.477 e. The highest BCUT2D eigenvalue weighted by molar-refractivity contribution is 5.92. The van der Waals surface area contributed by atoms with E-state index in [-0.39, 0.29) is 23.7 Å². The van der Waals surface area contributed by atoms with Crippen molar-refractivity contribution in [2.45, 2.75) is 19.5 Å². The van der Waals surface area contributed by atoms with Crippen LogP contribution in [0, 0.1) is 0 Å². The number of hydrogen-bond acceptors (Lipinski definition) is 5. The van der Waals surface area contributed by atoms with Crippen LogP contribution in [0.4, 0.5) is 18.9 Å². The molecule has 106 valence electrons. The monoisotopic (exact) mass is 278 g/mol. The first-order valence-corrected chi connectivity index (χ1v) is 5.45. The number of nitrogens with zero attached hydrogens (tertiary/aromatic N) is 1. The van der Waals surface area contributed by atoms with Crippen LogP contribution in [0.5, 0.6) is 5.88 Å². The van der Waals surface area contributed by atoms with Gasteiger partial charge < -0.3 is 15.2 Å². The zero-order valence-corrected chi connectivity index (χ0v) is 10.2. The number of ether oxygens (including phenoxy) is 2. The van der Waals surface area contributed by atoms with Gasteiger partial charge in [-0.25, -0.2) is 9.78 Å². The van der Waals surface area contributed by atoms with Crippen molar-refractivity contribution in [2.75, 3.05) is 18.9 Å². The Morgan fingerprint density at radius 2 is 2.16 bits per heavy atom. The van der Waals surface area contributed by atoms with Gasteiger partial charge in [-0.15, -0.1) is 0 Å². The number of esters is 1. The lowest BCUT2D eigenvalue weighted by Crippen LogP contribution is -2.15. The zero-order valence-electron chi connectivity index (χ0n) is 10.2. The Labute approximate surface area is 107 Å². The number of anilines is 1. The molecular weight excluding hydrogens is 265 g/mol. The topological polar surface area (TPSA) is 74.4 Å². The van der Waals surface area contributed by atoms with Crippen molar-refractivity contribution in [3.63, 3.8) is 0 Å². The normalized spacial score (nSPS) is 11.2. The number of nitrogens with two attached hydrogens (primary N) is 1. The molecule has 19 heavy (non-hydrogen) atoms. The number of pyridine rings is 1. The van der Waals surface area contributed by atoms with Gasteiger partial charge in [0.1, 0.15) is 5.56 Å². The highest BCUT2D eigenvalue weighted by Crippen LogP contribution is 2.22. The number of carbonyl (C=O) groups is 1. The average molecular weight is 278 g/mol. The van der Waals surface area contributed by atoms with Crippen molar-refractivity contribution in [3.05, 3.63) is 17.8 Å². The number of halogens is 3. The molecule has 0 saturated heterocycles. The maximum absolute atomic E-state index is 12.0. The third kappa shape index (κ3) is 5.02. The smallest absolute Gasteiger partial charge is 0.392 e. The first kappa shape index (κ1) is 15.1. The maximum atomic E-state index is 12.0. The first-order valence-electron chi connectivity index (χ1n) is 5.45. The number of carbonyl (C=O) groups excluding carboxylic acids is 1. The summed E-state index contributed by atoms with van der Waals surface area (Å²) < 4.78 is 45.6. The summed E-state index contributed by atoms with van der Waals surface area (Å²) in [5.74, 6) is -0.971. The van der Waals surface area contributed by atoms with Gasteiger partial charge in [0.05, 0.1) is 31.5 Å². The first-order chi connectivity index (χ1) is 8.83. The molecule has 0 unspecified atom stereocenters. The van der Waals surface area contributed by atoms with Gasteiger partial charge in [-0.3, -0.25) is 0 Å². The second-order valence-corrected chi connectivity index (χ2v) is 3.56. The largest absolute Gasteiger partial charge is 0.477 e. The van der Waals surface area contributed by atoms with E-state index < -0.39 is 25.2 Å². The average Bonchev–Trinajstić information content (AvgIpc) is 2.29. The second kappa shape index (κ2) is 6.26. The fraction of sp³-hybridized carbons (Fsp3) is 0.455. The van der Waals surface area contributed by atoms with Crippen molar-refractivity contribution in [3.8, 4) is 5.88 Å². The van der Waals surface area contributed by atoms with Gasteiger partial charge in [-0.05, 0) is 13.0 Å². The van der Waals surface area contributed by atoms with E-state index in [4.69, 9.17) is 15.2 Å². The quantitative estimate of drug-likeness (QED) is 0.835. The standard InChI is InChI=1S/C11H13F3N2O3/c1-2-18-10(17)8-5-7(15)6-16-9(8)19-4-3-11(12,13)14/h5-6H,2-4,15H2,1H3. The molecule has 0 saturated carbocycles. The molecule has 0 aliphatic carbocycles. The van der Waals surface area contributed by atoms with Crippen LogP contribution < -0.4 is 10.5 Å². The Hall–Kier alpha value is -1.99. The van der Waals surface area contributed by atoms with Crippen LogP contribution in [0.3, 0.4) is 0 Å². The van der Waals surface area contributed by atoms with Gasteiger partial charge in [0, 0.05) is 0 Å². The predicted octanol–water partition coefficient (Wildman–Crippen LogP) is 2.17. The second-order valence-electron chi connectivity index (χ2n) is 3.56. The van der Waals surface area contributed by atoms with Gasteiger partial charge in [-0.2, -0.15) is 13.2 Å². The van der Waals surface area contributed by atoms with Crippen LogP contribution in [0.15, 0.2) is 12.3 Å². The van der Waals surface area contributed by atoms with E-state index in [9.17, 15) is 18.0 Å². The molecule has 1 heterocycles. The SMILES string of the molecule is CCOC(=O)c1cc(N)cnc1OCCC(F)(F)F. The van der Waals surface area contributed by atoms with Crippen molar-refractivity contribution < 1.29 is 27.4 Å². The fourth-order valence-corrected chi connectivity index (χ4v) is 1.20. The summed E-state index contributed by atoms with van der Waals surface area (Å²) in [6.07, 6.45) is -4.29. The molecular formula is C11H13F3N2O3. The highest BCUT2D eigenvalue weighted by atomic mass is 19.4. The summed E-state index contributed by atoms with van der Waals surface area (Å²) in [5.41, 5.74) is 5.55. The summed E-state index contributed by atoms with van der Waals surface area (Å²) in [6.45, 7) is 1.09. The third-order valence-corrected chi connectivity index (χ3v) is 1.99. The number of hydrogen-bond donors (Lipinski definition) is 1. The lowest BCUT2D eigenvalue weighted by molar-refractivity contribution is -0.139. The Kier molecular flexibility index (Phi) is 4.96. The molecule has 0 spiro atoms. The lowest BCUT2D eigenvalue weighted by atomic mass is 10.2. The van der Waals surface area contributed by atoms with Crippen LogP contribution in [0.25, 0.3) is 0 Å². The fourth-order valence-electron chi connectivity index (χ4n) is 1.20. The van der Waals surface area contributed by atoms with Crippen LogP contribution in [0.1, 0.15) is 23.7 Å². The molecule has 1 aromatic heterocycles. The number of aromatic nitrogens is 1. The summed E-state index contributed by atoms with van der Waals surface area (Å²) in [5, 5.41) is 0. The van der Waals surface area contributed by atoms with Crippen molar-refractivity contribution in [2.24, 2.45) is 0 Å². The molecule has 5 nitrogen and oxygen atoms in total. The van der Waals surface area contributed by atoms with Crippen molar-refractivity contribution >= 4 is 11.7 Å². The number of rotatable bonds is 5. The van der Waals surface area contributed by atoms with Gasteiger partial charge in [-0.1, -0.05) is 0 Å². The van der Waals surface area contributed by atoms with Gasteiger partial charge >= 0.3 is 12.1 Å². The Balaban J connectivity index is 2.79. The van der Waals surface area contributed by atoms with E-state index >= 15 is 0 Å². The molecule has 8 heteroatoms. The highest BCUT2D eigenvalue weighted by Gasteiger charge is 2.27. The predicted molar refractivity (Wildman–Crippen MR) is 60.8 cm³/mol. The van der Waals surface area contributed by atoms with Crippen LogP contribution >= 0.6 is 0 Å². The summed E-state index contributed by atoms with van der Waals surface area (Å²) in [6, 6.07) is 1.24. The van der Waals surface area contributed by atoms with Crippen LogP contribution in [-0.2, 0) is 4.74 Å². The minimum absolute atomic E-state index is 0.0935. The molecule has 1 rings (SSSR count). The van der Waals surface area contributed by atoms with E-state index in [1.807, 2.05) is 0 Å². The molecule has 0 aliphatic heterocycles. The third-order valence-electron chi connectivity index (χ3n) is 1.99. The molecule has 2 N–H and O–H groups in total. The molecule has 0 fully saturated rings. The van der Waals surface area contributed by atoms with Crippen molar-refractivity contribution in [1.29, 1.82) is 0 Å². The molecule has 0 aromatic carbocycles. The molecule has 0 amide bonds. The van der Waals surface area contributed by atoms with Crippen LogP contribution in [0.2, 0.25) is 0 Å². The van der Waals surface area contributed by atoms with E-state index in [0.29, 0.717) is 0 Å². The summed E-state index contributed by atoms with van der Waals surface area (Å²) >= 11 is 0. The van der Waals surface area contributed by atoms with Gasteiger partial charge in [0.2, 0.25) is 5.88 Å². The minimum atomic E-state index is -4.34. The molecule has 0 atom stereocenters. The Morgan fingerprint density at radius 1 is 1.47 bits per heavy atom. The molecule has 0 aliphatic rings. The van der Waals surface area contributed by atoms with Gasteiger partial charge in [0.25, 0.3) is 0 Å². The van der Waals surface area contributed by atoms with Gasteiger partial charge in [0.15, 0.2) is 0 Å². The molecule has 0 bridgehead atoms. The van der Waals surface area contributed by atoms with E-state index in [2.05, 4.69) is 4.98 Å². The van der Waals surface area contributed by atoms with Crippen LogP contribution in [-0.4, -0.2) is 30.3 Å². The number of alkyl halides is 3. The van der Waals surface area contributed by atoms with E-state index in [0.717, 1.165) is 0 Å². The molecule has 0 radical (unpaired) electrons. The molecule has 1 aromatic rings. The lowest BCUT2D eigenvalue weighted by Gasteiger charge is -2.11. The maximum Gasteiger partial charge on any atom is 0.392 e. The summed E-state index contributed by atoms with van der Waals surface area (Å²) in [7, 11) is 0. The number of nitrogen functional groups attached to an aromatic ring is 1.